The first-order chi connectivity index (χ1) is 6.06. The molecule has 0 saturated carbocycles. The number of H-pyrrole nitrogens is 1. The van der Waals surface area contributed by atoms with Crippen LogP contribution in [0.25, 0.3) is 0 Å². The van der Waals surface area contributed by atoms with E-state index in [0.29, 0.717) is 0 Å². The first kappa shape index (κ1) is 9.98. The lowest BCUT2D eigenvalue weighted by Crippen LogP contribution is -2.11. The molecule has 0 unspecified atom stereocenters. The van der Waals surface area contributed by atoms with E-state index in [9.17, 15) is 13.6 Å². The number of ether oxygens (including phenoxy) is 1. The third-order valence-electron chi connectivity index (χ3n) is 1.43. The number of nitrogens with one attached hydrogen (secondary N) is 1. The summed E-state index contributed by atoms with van der Waals surface area (Å²) in [5, 5.41) is -0.179. The fourth-order valence-electron chi connectivity index (χ4n) is 0.833. The molecule has 0 spiro atoms. The molecule has 1 rings (SSSR count). The summed E-state index contributed by atoms with van der Waals surface area (Å²) in [5.74, 6) is -0.125. The highest BCUT2D eigenvalue weighted by Gasteiger charge is 2.16. The Balaban J connectivity index is 3.33. The Labute approximate surface area is 77.3 Å². The third-order valence-corrected chi connectivity index (χ3v) is 1.71. The van der Waals surface area contributed by atoms with E-state index in [1.54, 1.807) is 0 Å². The van der Waals surface area contributed by atoms with Gasteiger partial charge in [-0.2, -0.15) is 0 Å². The van der Waals surface area contributed by atoms with Crippen LogP contribution in [0.1, 0.15) is 12.1 Å². The van der Waals surface area contributed by atoms with Crippen molar-refractivity contribution < 1.29 is 13.5 Å². The molecule has 0 aliphatic rings. The van der Waals surface area contributed by atoms with Crippen LogP contribution in [-0.2, 0) is 0 Å². The second-order valence-electron chi connectivity index (χ2n) is 2.23. The van der Waals surface area contributed by atoms with Crippen molar-refractivity contribution in [2.45, 2.75) is 6.43 Å². The number of hydrogen-bond donors (Lipinski definition) is 1. The quantitative estimate of drug-likeness (QED) is 0.809. The van der Waals surface area contributed by atoms with Crippen LogP contribution in [-0.4, -0.2) is 12.1 Å². The van der Waals surface area contributed by atoms with Gasteiger partial charge >= 0.3 is 0 Å². The Morgan fingerprint density at radius 3 is 2.69 bits per heavy atom. The van der Waals surface area contributed by atoms with E-state index in [4.69, 9.17) is 11.6 Å². The number of aromatic nitrogens is 1. The number of aromatic amines is 1. The van der Waals surface area contributed by atoms with Crippen LogP contribution in [0.5, 0.6) is 5.75 Å². The molecule has 0 bridgehead atoms. The van der Waals surface area contributed by atoms with Gasteiger partial charge in [-0.3, -0.25) is 4.79 Å². The number of alkyl halides is 2. The molecule has 0 fully saturated rings. The van der Waals surface area contributed by atoms with Gasteiger partial charge in [0, 0.05) is 6.07 Å². The average molecular weight is 210 g/mol. The SMILES string of the molecule is COc1cc(Cl)c(=O)[nH]c1C(F)F. The fraction of sp³-hybridized carbons (Fsp3) is 0.286. The average Bonchev–Trinajstić information content (AvgIpc) is 2.08. The smallest absolute Gasteiger partial charge is 0.281 e. The van der Waals surface area contributed by atoms with Crippen LogP contribution in [0.15, 0.2) is 10.9 Å². The number of rotatable bonds is 2. The first-order valence-electron chi connectivity index (χ1n) is 3.31. The highest BCUT2D eigenvalue weighted by Crippen LogP contribution is 2.26. The van der Waals surface area contributed by atoms with Crippen molar-refractivity contribution in [3.05, 3.63) is 27.1 Å². The van der Waals surface area contributed by atoms with Gasteiger partial charge in [0.15, 0.2) is 0 Å². The van der Waals surface area contributed by atoms with E-state index in [1.807, 2.05) is 4.98 Å². The van der Waals surface area contributed by atoms with Crippen LogP contribution >= 0.6 is 11.6 Å². The fourth-order valence-corrected chi connectivity index (χ4v) is 0.979. The van der Waals surface area contributed by atoms with Gasteiger partial charge in [0.1, 0.15) is 16.5 Å². The van der Waals surface area contributed by atoms with Gasteiger partial charge in [0.05, 0.1) is 7.11 Å². The van der Waals surface area contributed by atoms with Crippen molar-refractivity contribution in [3.8, 4) is 5.75 Å². The number of hydrogen-bond acceptors (Lipinski definition) is 2. The summed E-state index contributed by atoms with van der Waals surface area (Å²) in [4.78, 5) is 12.8. The molecule has 0 aliphatic carbocycles. The van der Waals surface area contributed by atoms with E-state index < -0.39 is 17.7 Å². The van der Waals surface area contributed by atoms with E-state index in [-0.39, 0.29) is 10.8 Å². The largest absolute Gasteiger partial charge is 0.495 e. The Morgan fingerprint density at radius 2 is 2.23 bits per heavy atom. The minimum absolute atomic E-state index is 0.125. The zero-order chi connectivity index (χ0) is 10.0. The molecule has 0 saturated heterocycles. The molecule has 13 heavy (non-hydrogen) atoms. The van der Waals surface area contributed by atoms with Crippen molar-refractivity contribution in [1.82, 2.24) is 4.98 Å². The maximum absolute atomic E-state index is 12.2. The Kier molecular flexibility index (Phi) is 2.87. The Hall–Kier alpha value is -1.10. The summed E-state index contributed by atoms with van der Waals surface area (Å²) >= 11 is 5.40. The van der Waals surface area contributed by atoms with Gasteiger partial charge in [0.25, 0.3) is 12.0 Å². The minimum Gasteiger partial charge on any atom is -0.495 e. The second-order valence-corrected chi connectivity index (χ2v) is 2.64. The van der Waals surface area contributed by atoms with Crippen molar-refractivity contribution in [2.24, 2.45) is 0 Å². The van der Waals surface area contributed by atoms with Crippen LogP contribution in [0, 0.1) is 0 Å². The molecule has 3 nitrogen and oxygen atoms in total. The summed E-state index contributed by atoms with van der Waals surface area (Å²) in [6.07, 6.45) is -2.79. The summed E-state index contributed by atoms with van der Waals surface area (Å²) in [7, 11) is 1.22. The summed E-state index contributed by atoms with van der Waals surface area (Å²) in [6.45, 7) is 0. The summed E-state index contributed by atoms with van der Waals surface area (Å²) in [6, 6.07) is 1.06. The topological polar surface area (TPSA) is 42.1 Å². The highest BCUT2D eigenvalue weighted by molar-refractivity contribution is 6.30. The Bertz CT molecular complexity index is 364. The molecule has 1 aromatic heterocycles. The zero-order valence-corrected chi connectivity index (χ0v) is 7.36. The number of halogens is 3. The normalized spacial score (nSPS) is 10.5. The summed E-state index contributed by atoms with van der Waals surface area (Å²) < 4.78 is 29.1. The molecule has 1 aromatic rings. The van der Waals surface area contributed by atoms with Crippen LogP contribution in [0.4, 0.5) is 8.78 Å². The van der Waals surface area contributed by atoms with Crippen LogP contribution in [0.3, 0.4) is 0 Å². The van der Waals surface area contributed by atoms with Gasteiger partial charge in [-0.25, -0.2) is 8.78 Å². The van der Waals surface area contributed by atoms with E-state index in [0.717, 1.165) is 6.07 Å². The van der Waals surface area contributed by atoms with Crippen molar-refractivity contribution in [3.63, 3.8) is 0 Å². The molecule has 1 heterocycles. The standard InChI is InChI=1S/C7H6ClF2NO2/c1-13-4-2-3(8)7(12)11-5(4)6(9)10/h2,6H,1H3,(H,11,12). The van der Waals surface area contributed by atoms with Gasteiger partial charge in [-0.05, 0) is 0 Å². The van der Waals surface area contributed by atoms with Gasteiger partial charge in [0.2, 0.25) is 0 Å². The predicted molar refractivity (Wildman–Crippen MR) is 43.6 cm³/mol. The lowest BCUT2D eigenvalue weighted by molar-refractivity contribution is 0.141. The van der Waals surface area contributed by atoms with E-state index in [2.05, 4.69) is 4.74 Å². The molecular formula is C7H6ClF2NO2. The first-order valence-corrected chi connectivity index (χ1v) is 3.69. The van der Waals surface area contributed by atoms with Gasteiger partial charge in [-0.1, -0.05) is 11.6 Å². The molecule has 0 aromatic carbocycles. The van der Waals surface area contributed by atoms with E-state index >= 15 is 0 Å². The minimum atomic E-state index is -2.79. The maximum atomic E-state index is 12.2. The van der Waals surface area contributed by atoms with Crippen LogP contribution < -0.4 is 10.3 Å². The maximum Gasteiger partial charge on any atom is 0.281 e. The lowest BCUT2D eigenvalue weighted by Gasteiger charge is -2.06. The molecule has 0 amide bonds. The van der Waals surface area contributed by atoms with Gasteiger partial charge in [-0.15, -0.1) is 0 Å². The zero-order valence-electron chi connectivity index (χ0n) is 6.61. The molecule has 1 N–H and O–H groups in total. The predicted octanol–water partition coefficient (Wildman–Crippen LogP) is 1.97. The highest BCUT2D eigenvalue weighted by atomic mass is 35.5. The number of pyridine rings is 1. The van der Waals surface area contributed by atoms with Crippen molar-refractivity contribution >= 4 is 11.6 Å². The van der Waals surface area contributed by atoms with Crippen LogP contribution in [0.2, 0.25) is 5.02 Å². The molecule has 0 radical (unpaired) electrons. The monoisotopic (exact) mass is 209 g/mol. The second kappa shape index (κ2) is 3.74. The third kappa shape index (κ3) is 1.98. The lowest BCUT2D eigenvalue weighted by atomic mass is 10.3. The Morgan fingerprint density at radius 1 is 1.62 bits per heavy atom. The molecule has 72 valence electrons. The van der Waals surface area contributed by atoms with Gasteiger partial charge < -0.3 is 9.72 Å². The molecule has 0 atom stereocenters. The molecule has 0 aliphatic heterocycles. The number of methoxy groups -OCH3 is 1. The molecular weight excluding hydrogens is 204 g/mol. The van der Waals surface area contributed by atoms with Crippen molar-refractivity contribution in [2.75, 3.05) is 7.11 Å². The molecule has 6 heteroatoms. The van der Waals surface area contributed by atoms with Crippen molar-refractivity contribution in [1.29, 1.82) is 0 Å². The summed E-state index contributed by atoms with van der Waals surface area (Å²) in [5.41, 5.74) is -1.31. The van der Waals surface area contributed by atoms with E-state index in [1.165, 1.54) is 7.11 Å².